The largest absolute Gasteiger partial charge is 0.396 e. The highest BCUT2D eigenvalue weighted by Gasteiger charge is 2.24. The molecular formula is C20H29N3O. The number of benzene rings is 1. The third kappa shape index (κ3) is 3.50. The number of unbranched alkanes of at least 4 members (excludes halogenated alkanes) is 1. The minimum absolute atomic E-state index is 0.269. The molecule has 0 amide bonds. The van der Waals surface area contributed by atoms with Crippen LogP contribution in [0, 0.1) is 0 Å². The average Bonchev–Trinajstić information content (AvgIpc) is 3.14. The Kier molecular flexibility index (Phi) is 4.86. The van der Waals surface area contributed by atoms with Crippen molar-refractivity contribution < 1.29 is 5.11 Å². The second-order valence-electron chi connectivity index (χ2n) is 7.53. The molecule has 2 aliphatic rings. The molecule has 130 valence electrons. The van der Waals surface area contributed by atoms with Crippen LogP contribution in [0.25, 0.3) is 10.9 Å². The van der Waals surface area contributed by atoms with Crippen LogP contribution in [0.5, 0.6) is 0 Å². The van der Waals surface area contributed by atoms with E-state index in [1.807, 2.05) is 0 Å². The molecule has 1 heterocycles. The number of hydrogen-bond donors (Lipinski definition) is 2. The number of aromatic nitrogens is 2. The molecule has 4 heteroatoms. The van der Waals surface area contributed by atoms with Crippen molar-refractivity contribution in [3.05, 3.63) is 29.5 Å². The summed E-state index contributed by atoms with van der Waals surface area (Å²) in [7, 11) is 0. The highest BCUT2D eigenvalue weighted by molar-refractivity contribution is 5.83. The van der Waals surface area contributed by atoms with E-state index >= 15 is 0 Å². The van der Waals surface area contributed by atoms with E-state index in [0.29, 0.717) is 5.92 Å². The fourth-order valence-corrected chi connectivity index (χ4v) is 3.95. The zero-order valence-electron chi connectivity index (χ0n) is 14.5. The molecule has 4 nitrogen and oxygen atoms in total. The lowest BCUT2D eigenvalue weighted by molar-refractivity contribution is 0.280. The minimum atomic E-state index is 0.269. The first-order valence-electron chi connectivity index (χ1n) is 9.69. The van der Waals surface area contributed by atoms with E-state index in [4.69, 9.17) is 10.2 Å². The molecule has 4 rings (SSSR count). The first-order valence-corrected chi connectivity index (χ1v) is 9.69. The molecule has 0 bridgehead atoms. The standard InChI is InChI=1S/C20H29N3O/c24-12-4-3-11-23-19-13-15(14-21-17-8-9-17)7-10-18(19)20(22-23)16-5-1-2-6-16/h7,10,13,16-17,21,24H,1-6,8-9,11-12,14H2. The summed E-state index contributed by atoms with van der Waals surface area (Å²) in [6, 6.07) is 7.64. The lowest BCUT2D eigenvalue weighted by Crippen LogP contribution is -2.15. The van der Waals surface area contributed by atoms with Crippen molar-refractivity contribution in [3.8, 4) is 0 Å². The molecule has 2 saturated carbocycles. The van der Waals surface area contributed by atoms with E-state index < -0.39 is 0 Å². The van der Waals surface area contributed by atoms with E-state index in [2.05, 4.69) is 28.2 Å². The number of nitrogens with zero attached hydrogens (tertiary/aromatic N) is 2. The maximum absolute atomic E-state index is 9.07. The van der Waals surface area contributed by atoms with Crippen LogP contribution in [0.4, 0.5) is 0 Å². The number of fused-ring (bicyclic) bond motifs is 1. The van der Waals surface area contributed by atoms with Crippen molar-refractivity contribution >= 4 is 10.9 Å². The van der Waals surface area contributed by atoms with Crippen molar-refractivity contribution in [1.82, 2.24) is 15.1 Å². The fourth-order valence-electron chi connectivity index (χ4n) is 3.95. The Bertz CT molecular complexity index is 683. The van der Waals surface area contributed by atoms with Gasteiger partial charge in [0.25, 0.3) is 0 Å². The van der Waals surface area contributed by atoms with Gasteiger partial charge in [0.15, 0.2) is 0 Å². The topological polar surface area (TPSA) is 50.1 Å². The van der Waals surface area contributed by atoms with Crippen LogP contribution in [0.2, 0.25) is 0 Å². The van der Waals surface area contributed by atoms with Crippen molar-refractivity contribution in [3.63, 3.8) is 0 Å². The molecule has 2 aliphatic carbocycles. The first-order chi connectivity index (χ1) is 11.8. The monoisotopic (exact) mass is 327 g/mol. The van der Waals surface area contributed by atoms with Gasteiger partial charge in [-0.05, 0) is 50.2 Å². The van der Waals surface area contributed by atoms with Crippen molar-refractivity contribution in [2.45, 2.75) is 76.4 Å². The highest BCUT2D eigenvalue weighted by Crippen LogP contribution is 2.37. The summed E-state index contributed by atoms with van der Waals surface area (Å²) in [4.78, 5) is 0. The number of aliphatic hydroxyl groups excluding tert-OH is 1. The summed E-state index contributed by atoms with van der Waals surface area (Å²) < 4.78 is 2.19. The summed E-state index contributed by atoms with van der Waals surface area (Å²) >= 11 is 0. The second kappa shape index (κ2) is 7.24. The van der Waals surface area contributed by atoms with Crippen LogP contribution in [0.15, 0.2) is 18.2 Å². The van der Waals surface area contributed by atoms with Crippen LogP contribution in [-0.2, 0) is 13.1 Å². The molecule has 2 fully saturated rings. The summed E-state index contributed by atoms with van der Waals surface area (Å²) in [5.41, 5.74) is 3.95. The lowest BCUT2D eigenvalue weighted by Gasteiger charge is -2.06. The Hall–Kier alpha value is -1.39. The number of nitrogens with one attached hydrogen (secondary N) is 1. The van der Waals surface area contributed by atoms with Gasteiger partial charge >= 0.3 is 0 Å². The molecule has 2 aromatic rings. The summed E-state index contributed by atoms with van der Waals surface area (Å²) in [5, 5.41) is 19.0. The minimum Gasteiger partial charge on any atom is -0.396 e. The van der Waals surface area contributed by atoms with Crippen molar-refractivity contribution in [1.29, 1.82) is 0 Å². The predicted octanol–water partition coefficient (Wildman–Crippen LogP) is 3.72. The molecular weight excluding hydrogens is 298 g/mol. The maximum atomic E-state index is 9.07. The van der Waals surface area contributed by atoms with Gasteiger partial charge in [-0.2, -0.15) is 5.10 Å². The number of aryl methyl sites for hydroxylation is 1. The van der Waals surface area contributed by atoms with Gasteiger partial charge in [-0.15, -0.1) is 0 Å². The molecule has 0 aliphatic heterocycles. The molecule has 2 N–H and O–H groups in total. The SMILES string of the molecule is OCCCCn1nc(C2CCCC2)c2ccc(CNC3CC3)cc21. The van der Waals surface area contributed by atoms with E-state index in [9.17, 15) is 0 Å². The van der Waals surface area contributed by atoms with Gasteiger partial charge in [-0.25, -0.2) is 0 Å². The summed E-state index contributed by atoms with van der Waals surface area (Å²) in [6.45, 7) is 2.13. The highest BCUT2D eigenvalue weighted by atomic mass is 16.2. The zero-order valence-corrected chi connectivity index (χ0v) is 14.5. The van der Waals surface area contributed by atoms with Gasteiger partial charge < -0.3 is 10.4 Å². The molecule has 24 heavy (non-hydrogen) atoms. The maximum Gasteiger partial charge on any atom is 0.0734 e. The van der Waals surface area contributed by atoms with Crippen LogP contribution < -0.4 is 5.32 Å². The van der Waals surface area contributed by atoms with E-state index in [0.717, 1.165) is 32.0 Å². The number of aliphatic hydroxyl groups is 1. The van der Waals surface area contributed by atoms with Crippen LogP contribution >= 0.6 is 0 Å². The summed E-state index contributed by atoms with van der Waals surface area (Å²) in [5.74, 6) is 0.641. The van der Waals surface area contributed by atoms with Gasteiger partial charge in [0.2, 0.25) is 0 Å². The molecule has 0 spiro atoms. The van der Waals surface area contributed by atoms with Gasteiger partial charge in [0, 0.05) is 37.0 Å². The molecule has 0 atom stereocenters. The molecule has 0 unspecified atom stereocenters. The first kappa shape index (κ1) is 16.1. The Morgan fingerprint density at radius 1 is 1.12 bits per heavy atom. The second-order valence-corrected chi connectivity index (χ2v) is 7.53. The van der Waals surface area contributed by atoms with Gasteiger partial charge in [0.05, 0.1) is 11.2 Å². The zero-order chi connectivity index (χ0) is 16.4. The van der Waals surface area contributed by atoms with Crippen LogP contribution in [0.3, 0.4) is 0 Å². The van der Waals surface area contributed by atoms with E-state index in [-0.39, 0.29) is 6.61 Å². The molecule has 1 aromatic carbocycles. The van der Waals surface area contributed by atoms with Crippen LogP contribution in [-0.4, -0.2) is 27.5 Å². The average molecular weight is 327 g/mol. The Balaban J connectivity index is 1.62. The smallest absolute Gasteiger partial charge is 0.0734 e. The number of hydrogen-bond acceptors (Lipinski definition) is 3. The van der Waals surface area contributed by atoms with E-state index in [1.165, 1.54) is 60.7 Å². The normalized spacial score (nSPS) is 18.7. The molecule has 1 aromatic heterocycles. The Labute approximate surface area is 144 Å². The number of rotatable bonds is 8. The van der Waals surface area contributed by atoms with Crippen molar-refractivity contribution in [2.24, 2.45) is 0 Å². The fraction of sp³-hybridized carbons (Fsp3) is 0.650. The van der Waals surface area contributed by atoms with E-state index in [1.54, 1.807) is 0 Å². The molecule has 0 saturated heterocycles. The van der Waals surface area contributed by atoms with Gasteiger partial charge in [-0.3, -0.25) is 4.68 Å². The third-order valence-corrected chi connectivity index (χ3v) is 5.54. The predicted molar refractivity (Wildman–Crippen MR) is 97.1 cm³/mol. The molecule has 0 radical (unpaired) electrons. The Morgan fingerprint density at radius 3 is 2.71 bits per heavy atom. The van der Waals surface area contributed by atoms with Gasteiger partial charge in [-0.1, -0.05) is 25.0 Å². The summed E-state index contributed by atoms with van der Waals surface area (Å²) in [6.07, 6.45) is 9.74. The quantitative estimate of drug-likeness (QED) is 0.727. The van der Waals surface area contributed by atoms with Crippen molar-refractivity contribution in [2.75, 3.05) is 6.61 Å². The third-order valence-electron chi connectivity index (χ3n) is 5.54. The van der Waals surface area contributed by atoms with Crippen LogP contribution in [0.1, 0.15) is 68.5 Å². The Morgan fingerprint density at radius 2 is 1.96 bits per heavy atom. The van der Waals surface area contributed by atoms with Gasteiger partial charge in [0.1, 0.15) is 0 Å². The lowest BCUT2D eigenvalue weighted by atomic mass is 10.00.